The van der Waals surface area contributed by atoms with E-state index in [0.29, 0.717) is 23.9 Å². The van der Waals surface area contributed by atoms with Gasteiger partial charge in [0, 0.05) is 31.7 Å². The first-order valence-corrected chi connectivity index (χ1v) is 14.7. The minimum atomic E-state index is -1.36. The molecule has 0 saturated heterocycles. The fraction of sp³-hybridized carbons (Fsp3) is 0.452. The molecule has 0 spiro atoms. The number of rotatable bonds is 7. The Morgan fingerprint density at radius 3 is 2.63 bits per heavy atom. The van der Waals surface area contributed by atoms with Gasteiger partial charge in [0.15, 0.2) is 0 Å². The Hall–Kier alpha value is -2.90. The van der Waals surface area contributed by atoms with Gasteiger partial charge in [-0.05, 0) is 78.6 Å². The number of aromatic nitrogens is 1. The van der Waals surface area contributed by atoms with Crippen LogP contribution in [0.3, 0.4) is 0 Å². The summed E-state index contributed by atoms with van der Waals surface area (Å²) >= 11 is 0. The summed E-state index contributed by atoms with van der Waals surface area (Å²) in [5.74, 6) is 0.624. The number of pyridine rings is 1. The normalized spacial score (nSPS) is 18.8. The molecule has 0 aliphatic carbocycles. The van der Waals surface area contributed by atoms with E-state index >= 15 is 0 Å². The molecule has 4 rings (SSSR count). The van der Waals surface area contributed by atoms with Crippen molar-refractivity contribution >= 4 is 22.4 Å². The molecule has 0 fully saturated rings. The van der Waals surface area contributed by atoms with Crippen LogP contribution in [0, 0.1) is 19.3 Å². The topological polar surface area (TPSA) is 80.5 Å². The largest absolute Gasteiger partial charge is 0.472 e. The molecule has 0 saturated carbocycles. The van der Waals surface area contributed by atoms with Crippen LogP contribution in [-0.4, -0.2) is 32.7 Å². The molecule has 1 aliphatic rings. The summed E-state index contributed by atoms with van der Waals surface area (Å²) in [4.78, 5) is 5.00. The predicted molar refractivity (Wildman–Crippen MR) is 158 cm³/mol. The van der Waals surface area contributed by atoms with Crippen LogP contribution in [0.25, 0.3) is 0 Å². The van der Waals surface area contributed by atoms with Gasteiger partial charge < -0.3 is 15.8 Å². The van der Waals surface area contributed by atoms with E-state index in [0.717, 1.165) is 29.9 Å². The van der Waals surface area contributed by atoms with E-state index in [-0.39, 0.29) is 17.4 Å². The van der Waals surface area contributed by atoms with Crippen LogP contribution in [0.5, 0.6) is 5.88 Å². The number of nitrogens with two attached hydrogens (primary N) is 1. The number of benzene rings is 2. The Balaban J connectivity index is 1.74. The lowest BCUT2D eigenvalue weighted by Crippen LogP contribution is -2.34. The van der Waals surface area contributed by atoms with Crippen molar-refractivity contribution in [1.29, 1.82) is 0 Å². The summed E-state index contributed by atoms with van der Waals surface area (Å²) in [7, 11) is -1.36. The first-order valence-electron chi connectivity index (χ1n) is 13.6. The SMILES string of the molecule is CCNc1ccc(C(c2ccc(C)c(CN3C[C@@H](CC)Oc4ncccc4S3=O)c2)C(C)(C)C)c(C)c1N. The van der Waals surface area contributed by atoms with Crippen molar-refractivity contribution in [2.75, 3.05) is 24.1 Å². The Kier molecular flexibility index (Phi) is 8.48. The van der Waals surface area contributed by atoms with E-state index in [1.165, 1.54) is 22.3 Å². The van der Waals surface area contributed by atoms with Gasteiger partial charge in [-0.15, -0.1) is 0 Å². The van der Waals surface area contributed by atoms with Gasteiger partial charge in [0.2, 0.25) is 5.88 Å². The molecule has 2 aromatic carbocycles. The maximum Gasteiger partial charge on any atom is 0.231 e. The number of fused-ring (bicyclic) bond motifs is 1. The molecule has 2 unspecified atom stereocenters. The highest BCUT2D eigenvalue weighted by atomic mass is 32.2. The first kappa shape index (κ1) is 28.1. The molecule has 1 aromatic heterocycles. The van der Waals surface area contributed by atoms with Crippen molar-refractivity contribution in [3.63, 3.8) is 0 Å². The molecular weight excluding hydrogens is 492 g/mol. The molecule has 0 radical (unpaired) electrons. The molecule has 3 aromatic rings. The molecule has 7 heteroatoms. The third-order valence-electron chi connectivity index (χ3n) is 7.45. The number of anilines is 2. The Morgan fingerprint density at radius 1 is 1.18 bits per heavy atom. The van der Waals surface area contributed by atoms with E-state index in [9.17, 15) is 4.21 Å². The van der Waals surface area contributed by atoms with E-state index in [4.69, 9.17) is 10.5 Å². The van der Waals surface area contributed by atoms with Gasteiger partial charge >= 0.3 is 0 Å². The lowest BCUT2D eigenvalue weighted by atomic mass is 9.71. The van der Waals surface area contributed by atoms with Crippen LogP contribution in [-0.2, 0) is 17.5 Å². The number of hydrogen-bond donors (Lipinski definition) is 2. The maximum atomic E-state index is 13.7. The van der Waals surface area contributed by atoms with Gasteiger partial charge in [-0.1, -0.05) is 52.0 Å². The van der Waals surface area contributed by atoms with Crippen LogP contribution in [0.2, 0.25) is 0 Å². The average Bonchev–Trinajstić information content (AvgIpc) is 3.01. The highest BCUT2D eigenvalue weighted by Crippen LogP contribution is 2.44. The molecule has 38 heavy (non-hydrogen) atoms. The summed E-state index contributed by atoms with van der Waals surface area (Å²) in [6.07, 6.45) is 2.44. The second kappa shape index (κ2) is 11.5. The third-order valence-corrected chi connectivity index (χ3v) is 8.89. The maximum absolute atomic E-state index is 13.7. The van der Waals surface area contributed by atoms with E-state index in [1.807, 2.05) is 16.4 Å². The number of nitrogens with one attached hydrogen (secondary N) is 1. The summed E-state index contributed by atoms with van der Waals surface area (Å²) in [6, 6.07) is 14.7. The van der Waals surface area contributed by atoms with Crippen molar-refractivity contribution < 1.29 is 8.95 Å². The summed E-state index contributed by atoms with van der Waals surface area (Å²) in [5.41, 5.74) is 14.3. The number of hydrogen-bond acceptors (Lipinski definition) is 5. The van der Waals surface area contributed by atoms with Crippen LogP contribution in [0.15, 0.2) is 53.6 Å². The van der Waals surface area contributed by atoms with E-state index < -0.39 is 11.0 Å². The Morgan fingerprint density at radius 2 is 1.95 bits per heavy atom. The smallest absolute Gasteiger partial charge is 0.231 e. The second-order valence-electron chi connectivity index (χ2n) is 11.3. The van der Waals surface area contributed by atoms with Gasteiger partial charge in [0.05, 0.1) is 11.4 Å². The zero-order valence-electron chi connectivity index (χ0n) is 23.8. The van der Waals surface area contributed by atoms with Crippen LogP contribution < -0.4 is 15.8 Å². The molecule has 2 heterocycles. The summed E-state index contributed by atoms with van der Waals surface area (Å²) in [6.45, 7) is 17.2. The predicted octanol–water partition coefficient (Wildman–Crippen LogP) is 6.59. The van der Waals surface area contributed by atoms with Gasteiger partial charge in [0.25, 0.3) is 0 Å². The molecular formula is C31H42N4O2S. The van der Waals surface area contributed by atoms with Crippen LogP contribution in [0.4, 0.5) is 11.4 Å². The molecule has 3 N–H and O–H groups in total. The Bertz CT molecular complexity index is 1320. The number of nitrogens with zero attached hydrogens (tertiary/aromatic N) is 2. The molecule has 0 bridgehead atoms. The van der Waals surface area contributed by atoms with Gasteiger partial charge in [-0.2, -0.15) is 0 Å². The van der Waals surface area contributed by atoms with Crippen molar-refractivity contribution in [2.24, 2.45) is 5.41 Å². The number of ether oxygens (including phenoxy) is 1. The molecule has 6 nitrogen and oxygen atoms in total. The monoisotopic (exact) mass is 534 g/mol. The molecule has 3 atom stereocenters. The van der Waals surface area contributed by atoms with E-state index in [1.54, 1.807) is 6.20 Å². The highest BCUT2D eigenvalue weighted by Gasteiger charge is 2.32. The van der Waals surface area contributed by atoms with Crippen molar-refractivity contribution in [1.82, 2.24) is 9.29 Å². The van der Waals surface area contributed by atoms with E-state index in [2.05, 4.69) is 89.1 Å². The third kappa shape index (κ3) is 5.74. The van der Waals surface area contributed by atoms with Gasteiger partial charge in [0.1, 0.15) is 22.0 Å². The molecule has 1 aliphatic heterocycles. The van der Waals surface area contributed by atoms with Gasteiger partial charge in [-0.25, -0.2) is 13.5 Å². The van der Waals surface area contributed by atoms with Crippen LogP contribution in [0.1, 0.15) is 74.8 Å². The first-order chi connectivity index (χ1) is 18.0. The zero-order chi connectivity index (χ0) is 27.6. The standard InChI is InChI=1S/C31H42N4O2S/c1-8-24-19-35(38(36)27-11-10-16-34-30(27)37-24)18-23-17-22(13-12-20(23)3)28(31(5,6)7)25-14-15-26(33-9-2)29(32)21(25)4/h10-17,24,28,33H,8-9,18-19,32H2,1-7H3/t24-,28?,38?/m1/s1. The lowest BCUT2D eigenvalue weighted by Gasteiger charge is -2.34. The van der Waals surface area contributed by atoms with Gasteiger partial charge in [-0.3, -0.25) is 0 Å². The van der Waals surface area contributed by atoms with Crippen molar-refractivity contribution in [3.05, 3.63) is 76.5 Å². The summed E-state index contributed by atoms with van der Waals surface area (Å²) in [5, 5.41) is 3.37. The minimum Gasteiger partial charge on any atom is -0.472 e. The highest BCUT2D eigenvalue weighted by molar-refractivity contribution is 7.82. The molecule has 204 valence electrons. The Labute approximate surface area is 230 Å². The average molecular weight is 535 g/mol. The zero-order valence-corrected chi connectivity index (χ0v) is 24.6. The van der Waals surface area contributed by atoms with Crippen molar-refractivity contribution in [2.45, 2.75) is 78.3 Å². The second-order valence-corrected chi connectivity index (χ2v) is 12.7. The summed E-state index contributed by atoms with van der Waals surface area (Å²) < 4.78 is 21.8. The quantitative estimate of drug-likeness (QED) is 0.334. The number of nitrogen functional groups attached to an aromatic ring is 1. The number of aryl methyl sites for hydroxylation is 1. The minimum absolute atomic E-state index is 0.0411. The van der Waals surface area contributed by atoms with Crippen molar-refractivity contribution in [3.8, 4) is 5.88 Å². The fourth-order valence-electron chi connectivity index (χ4n) is 5.34. The molecule has 0 amide bonds. The van der Waals surface area contributed by atoms with Crippen LogP contribution >= 0.6 is 0 Å². The fourth-order valence-corrected chi connectivity index (χ4v) is 6.62. The lowest BCUT2D eigenvalue weighted by molar-refractivity contribution is 0.163.